The van der Waals surface area contributed by atoms with Crippen LogP contribution < -0.4 is 5.32 Å². The molecule has 1 rings (SSSR count). The molecule has 0 radical (unpaired) electrons. The van der Waals surface area contributed by atoms with E-state index in [0.29, 0.717) is 0 Å². The van der Waals surface area contributed by atoms with Crippen LogP contribution in [0.15, 0.2) is 0 Å². The number of rotatable bonds is 3. The van der Waals surface area contributed by atoms with Gasteiger partial charge in [-0.2, -0.15) is 0 Å². The van der Waals surface area contributed by atoms with Crippen LogP contribution in [0.3, 0.4) is 0 Å². The van der Waals surface area contributed by atoms with Gasteiger partial charge in [-0.05, 0) is 25.2 Å². The second-order valence-electron chi connectivity index (χ2n) is 5.35. The SMILES string of the molecule is CC(C)(C)C(=O)NCCC1CCOCC1. The molecule has 1 aliphatic rings. The molecule has 88 valence electrons. The first-order valence-corrected chi connectivity index (χ1v) is 5.86. The highest BCUT2D eigenvalue weighted by Crippen LogP contribution is 2.18. The summed E-state index contributed by atoms with van der Waals surface area (Å²) in [5.74, 6) is 0.883. The van der Waals surface area contributed by atoms with E-state index in [0.717, 1.165) is 44.9 Å². The molecular weight excluding hydrogens is 190 g/mol. The number of hydrogen-bond donors (Lipinski definition) is 1. The van der Waals surface area contributed by atoms with E-state index in [1.165, 1.54) is 0 Å². The van der Waals surface area contributed by atoms with E-state index in [2.05, 4.69) is 5.32 Å². The molecule has 0 saturated carbocycles. The van der Waals surface area contributed by atoms with E-state index in [1.807, 2.05) is 20.8 Å². The molecule has 1 N–H and O–H groups in total. The van der Waals surface area contributed by atoms with Crippen molar-refractivity contribution in [3.05, 3.63) is 0 Å². The maximum atomic E-state index is 11.6. The van der Waals surface area contributed by atoms with E-state index in [1.54, 1.807) is 0 Å². The summed E-state index contributed by atoms with van der Waals surface area (Å²) in [4.78, 5) is 11.6. The number of amides is 1. The Morgan fingerprint density at radius 2 is 1.93 bits per heavy atom. The van der Waals surface area contributed by atoms with Crippen molar-refractivity contribution in [1.29, 1.82) is 0 Å². The van der Waals surface area contributed by atoms with E-state index in [9.17, 15) is 4.79 Å². The van der Waals surface area contributed by atoms with Crippen LogP contribution in [0.1, 0.15) is 40.0 Å². The lowest BCUT2D eigenvalue weighted by molar-refractivity contribution is -0.128. The van der Waals surface area contributed by atoms with Gasteiger partial charge in [-0.25, -0.2) is 0 Å². The molecule has 1 saturated heterocycles. The van der Waals surface area contributed by atoms with Crippen LogP contribution in [0.2, 0.25) is 0 Å². The highest BCUT2D eigenvalue weighted by Gasteiger charge is 2.21. The van der Waals surface area contributed by atoms with Gasteiger partial charge in [-0.15, -0.1) is 0 Å². The number of hydrogen-bond acceptors (Lipinski definition) is 2. The molecule has 15 heavy (non-hydrogen) atoms. The van der Waals surface area contributed by atoms with Crippen molar-refractivity contribution in [1.82, 2.24) is 5.32 Å². The summed E-state index contributed by atoms with van der Waals surface area (Å²) < 4.78 is 5.29. The fourth-order valence-corrected chi connectivity index (χ4v) is 1.69. The Morgan fingerprint density at radius 1 is 1.33 bits per heavy atom. The standard InChI is InChI=1S/C12H23NO2/c1-12(2,3)11(14)13-7-4-10-5-8-15-9-6-10/h10H,4-9H2,1-3H3,(H,13,14). The highest BCUT2D eigenvalue weighted by atomic mass is 16.5. The fraction of sp³-hybridized carbons (Fsp3) is 0.917. The molecule has 1 aliphatic heterocycles. The predicted octanol–water partition coefficient (Wildman–Crippen LogP) is 1.97. The van der Waals surface area contributed by atoms with Crippen molar-refractivity contribution in [2.45, 2.75) is 40.0 Å². The van der Waals surface area contributed by atoms with Crippen molar-refractivity contribution in [3.63, 3.8) is 0 Å². The summed E-state index contributed by atoms with van der Waals surface area (Å²) in [7, 11) is 0. The van der Waals surface area contributed by atoms with Crippen LogP contribution in [0, 0.1) is 11.3 Å². The number of carbonyl (C=O) groups is 1. The third-order valence-corrected chi connectivity index (χ3v) is 2.86. The van der Waals surface area contributed by atoms with Gasteiger partial charge < -0.3 is 10.1 Å². The van der Waals surface area contributed by atoms with Gasteiger partial charge in [0.2, 0.25) is 5.91 Å². The minimum atomic E-state index is -0.268. The van der Waals surface area contributed by atoms with Crippen molar-refractivity contribution in [2.75, 3.05) is 19.8 Å². The third kappa shape index (κ3) is 4.65. The quantitative estimate of drug-likeness (QED) is 0.778. The Bertz CT molecular complexity index is 202. The molecule has 3 nitrogen and oxygen atoms in total. The van der Waals surface area contributed by atoms with Gasteiger partial charge in [-0.3, -0.25) is 4.79 Å². The molecule has 1 amide bonds. The lowest BCUT2D eigenvalue weighted by atomic mass is 9.94. The van der Waals surface area contributed by atoms with Gasteiger partial charge in [0, 0.05) is 25.2 Å². The normalized spacial score (nSPS) is 18.9. The van der Waals surface area contributed by atoms with Crippen molar-refractivity contribution in [2.24, 2.45) is 11.3 Å². The predicted molar refractivity (Wildman–Crippen MR) is 60.6 cm³/mol. The molecule has 0 bridgehead atoms. The number of nitrogens with one attached hydrogen (secondary N) is 1. The molecule has 0 spiro atoms. The van der Waals surface area contributed by atoms with Crippen LogP contribution >= 0.6 is 0 Å². The minimum absolute atomic E-state index is 0.148. The highest BCUT2D eigenvalue weighted by molar-refractivity contribution is 5.81. The molecule has 0 unspecified atom stereocenters. The Morgan fingerprint density at radius 3 is 2.47 bits per heavy atom. The van der Waals surface area contributed by atoms with Gasteiger partial charge >= 0.3 is 0 Å². The molecule has 1 fully saturated rings. The second-order valence-corrected chi connectivity index (χ2v) is 5.35. The maximum absolute atomic E-state index is 11.6. The van der Waals surface area contributed by atoms with E-state index < -0.39 is 0 Å². The molecule has 0 aliphatic carbocycles. The molecule has 0 aromatic carbocycles. The second kappa shape index (κ2) is 5.50. The lowest BCUT2D eigenvalue weighted by Crippen LogP contribution is -2.36. The van der Waals surface area contributed by atoms with E-state index in [-0.39, 0.29) is 11.3 Å². The monoisotopic (exact) mass is 213 g/mol. The van der Waals surface area contributed by atoms with Crippen LogP contribution in [0.25, 0.3) is 0 Å². The van der Waals surface area contributed by atoms with Crippen LogP contribution in [0.5, 0.6) is 0 Å². The Balaban J connectivity index is 2.12. The van der Waals surface area contributed by atoms with Gasteiger partial charge in [0.05, 0.1) is 0 Å². The minimum Gasteiger partial charge on any atom is -0.381 e. The summed E-state index contributed by atoms with van der Waals surface area (Å²) in [6, 6.07) is 0. The fourth-order valence-electron chi connectivity index (χ4n) is 1.69. The maximum Gasteiger partial charge on any atom is 0.225 e. The van der Waals surface area contributed by atoms with Gasteiger partial charge in [-0.1, -0.05) is 20.8 Å². The molecule has 1 heterocycles. The average Bonchev–Trinajstić information content (AvgIpc) is 2.18. The number of carbonyl (C=O) groups excluding carboxylic acids is 1. The van der Waals surface area contributed by atoms with Crippen LogP contribution in [-0.4, -0.2) is 25.7 Å². The first kappa shape index (κ1) is 12.5. The Labute approximate surface area is 92.6 Å². The first-order chi connectivity index (χ1) is 7.00. The summed E-state index contributed by atoms with van der Waals surface area (Å²) >= 11 is 0. The molecule has 0 aromatic rings. The first-order valence-electron chi connectivity index (χ1n) is 5.86. The van der Waals surface area contributed by atoms with Crippen LogP contribution in [-0.2, 0) is 9.53 Å². The topological polar surface area (TPSA) is 38.3 Å². The van der Waals surface area contributed by atoms with Crippen LogP contribution in [0.4, 0.5) is 0 Å². The van der Waals surface area contributed by atoms with E-state index >= 15 is 0 Å². The van der Waals surface area contributed by atoms with Crippen molar-refractivity contribution >= 4 is 5.91 Å². The Kier molecular flexibility index (Phi) is 4.58. The zero-order chi connectivity index (χ0) is 11.3. The summed E-state index contributed by atoms with van der Waals surface area (Å²) in [5, 5.41) is 2.99. The lowest BCUT2D eigenvalue weighted by Gasteiger charge is -2.23. The van der Waals surface area contributed by atoms with Gasteiger partial charge in [0.25, 0.3) is 0 Å². The van der Waals surface area contributed by atoms with Crippen molar-refractivity contribution in [3.8, 4) is 0 Å². The molecule has 0 aromatic heterocycles. The summed E-state index contributed by atoms with van der Waals surface area (Å²) in [6.45, 7) is 8.40. The summed E-state index contributed by atoms with van der Waals surface area (Å²) in [5.41, 5.74) is -0.268. The average molecular weight is 213 g/mol. The largest absolute Gasteiger partial charge is 0.381 e. The Hall–Kier alpha value is -0.570. The molecule has 3 heteroatoms. The smallest absolute Gasteiger partial charge is 0.225 e. The zero-order valence-electron chi connectivity index (χ0n) is 10.1. The third-order valence-electron chi connectivity index (χ3n) is 2.86. The molecular formula is C12H23NO2. The zero-order valence-corrected chi connectivity index (χ0v) is 10.1. The van der Waals surface area contributed by atoms with Gasteiger partial charge in [0.15, 0.2) is 0 Å². The summed E-state index contributed by atoms with van der Waals surface area (Å²) in [6.07, 6.45) is 3.38. The molecule has 0 atom stereocenters. The van der Waals surface area contributed by atoms with E-state index in [4.69, 9.17) is 4.74 Å². The van der Waals surface area contributed by atoms with Crippen molar-refractivity contribution < 1.29 is 9.53 Å². The van der Waals surface area contributed by atoms with Gasteiger partial charge in [0.1, 0.15) is 0 Å². The number of ether oxygens (including phenoxy) is 1.